The van der Waals surface area contributed by atoms with Crippen LogP contribution in [0.3, 0.4) is 0 Å². The summed E-state index contributed by atoms with van der Waals surface area (Å²) >= 11 is 0. The number of allylic oxidation sites excluding steroid dienone is 1. The minimum atomic E-state index is -0.717. The zero-order valence-corrected chi connectivity index (χ0v) is 15.1. The topological polar surface area (TPSA) is 73.1 Å². The fourth-order valence-electron chi connectivity index (χ4n) is 4.95. The zero-order valence-electron chi connectivity index (χ0n) is 15.1. The molecule has 1 saturated carbocycles. The van der Waals surface area contributed by atoms with E-state index >= 15 is 0 Å². The number of nitrogens with one attached hydrogen (secondary N) is 1. The molecule has 0 aromatic heterocycles. The Hall–Kier alpha value is -2.12. The van der Waals surface area contributed by atoms with Gasteiger partial charge >= 0.3 is 0 Å². The van der Waals surface area contributed by atoms with E-state index < -0.39 is 6.10 Å². The molecule has 1 aromatic carbocycles. The number of benzene rings is 1. The van der Waals surface area contributed by atoms with Crippen molar-refractivity contribution in [3.05, 3.63) is 47.5 Å². The Morgan fingerprint density at radius 3 is 2.56 bits per heavy atom. The maximum atomic E-state index is 12.5. The van der Waals surface area contributed by atoms with Crippen LogP contribution in [0.15, 0.2) is 42.0 Å². The molecule has 1 fully saturated rings. The largest absolute Gasteiger partial charge is 0.387 e. The number of aliphatic hydroxyl groups is 1. The lowest BCUT2D eigenvalue weighted by Gasteiger charge is -2.54. The number of carbonyl (C=O) groups is 1. The molecule has 0 saturated heterocycles. The summed E-state index contributed by atoms with van der Waals surface area (Å²) in [5, 5.41) is 23.1. The Morgan fingerprint density at radius 1 is 1.24 bits per heavy atom. The molecule has 0 aliphatic heterocycles. The predicted octanol–water partition coefficient (Wildman–Crippen LogP) is 3.44. The molecule has 25 heavy (non-hydrogen) atoms. The van der Waals surface area contributed by atoms with Gasteiger partial charge in [0.05, 0.1) is 17.7 Å². The van der Waals surface area contributed by atoms with E-state index in [1.165, 1.54) is 0 Å². The molecule has 2 N–H and O–H groups in total. The van der Waals surface area contributed by atoms with Crippen molar-refractivity contribution < 1.29 is 9.90 Å². The Kier molecular flexibility index (Phi) is 4.47. The normalized spacial score (nSPS) is 33.6. The highest BCUT2D eigenvalue weighted by Gasteiger charge is 2.53. The van der Waals surface area contributed by atoms with Crippen LogP contribution < -0.4 is 5.32 Å². The van der Waals surface area contributed by atoms with Gasteiger partial charge in [0.2, 0.25) is 0 Å². The van der Waals surface area contributed by atoms with E-state index in [-0.39, 0.29) is 28.7 Å². The van der Waals surface area contributed by atoms with Crippen molar-refractivity contribution in [1.29, 1.82) is 5.26 Å². The van der Waals surface area contributed by atoms with Crippen LogP contribution in [0, 0.1) is 28.1 Å². The second-order valence-electron chi connectivity index (χ2n) is 8.31. The van der Waals surface area contributed by atoms with Crippen LogP contribution in [0.5, 0.6) is 0 Å². The molecule has 3 rings (SSSR count). The van der Waals surface area contributed by atoms with Crippen LogP contribution in [0.4, 0.5) is 0 Å². The average Bonchev–Trinajstić information content (AvgIpc) is 2.58. The van der Waals surface area contributed by atoms with Crippen molar-refractivity contribution >= 4 is 5.91 Å². The molecule has 4 atom stereocenters. The third-order valence-corrected chi connectivity index (χ3v) is 6.17. The van der Waals surface area contributed by atoms with Gasteiger partial charge in [-0.25, -0.2) is 0 Å². The number of fused-ring (bicyclic) bond motifs is 1. The van der Waals surface area contributed by atoms with Crippen molar-refractivity contribution in [2.45, 2.75) is 52.2 Å². The van der Waals surface area contributed by atoms with Crippen LogP contribution in [0.1, 0.15) is 50.4 Å². The summed E-state index contributed by atoms with van der Waals surface area (Å²) in [6.07, 6.45) is 3.85. The van der Waals surface area contributed by atoms with Crippen LogP contribution >= 0.6 is 0 Å². The number of rotatable bonds is 2. The van der Waals surface area contributed by atoms with Crippen LogP contribution in [-0.2, 0) is 0 Å². The first-order chi connectivity index (χ1) is 11.8. The van der Waals surface area contributed by atoms with Gasteiger partial charge in [-0.3, -0.25) is 4.79 Å². The number of nitriles is 1. The third kappa shape index (κ3) is 3.09. The highest BCUT2D eigenvalue weighted by Crippen LogP contribution is 2.56. The van der Waals surface area contributed by atoms with Crippen LogP contribution in [-0.4, -0.2) is 23.2 Å². The Morgan fingerprint density at radius 2 is 1.92 bits per heavy atom. The molecule has 4 nitrogen and oxygen atoms in total. The van der Waals surface area contributed by atoms with E-state index in [4.69, 9.17) is 0 Å². The molecule has 1 unspecified atom stereocenters. The molecule has 2 aliphatic rings. The minimum Gasteiger partial charge on any atom is -0.387 e. The third-order valence-electron chi connectivity index (χ3n) is 6.17. The second kappa shape index (κ2) is 6.31. The summed E-state index contributed by atoms with van der Waals surface area (Å²) < 4.78 is 0. The predicted molar refractivity (Wildman–Crippen MR) is 96.6 cm³/mol. The standard InChI is InChI=1S/C21H26N2O2/c1-20(2)17-10-9-16(23-19(25)14-7-5-4-6-8-14)12-21(17,3)11-15(13-22)18(20)24/h4-8,11,16-18,24H,9-10,12H2,1-3H3,(H,23,25)/t16-,17-,18?,21+/m1/s1. The summed E-state index contributed by atoms with van der Waals surface area (Å²) in [5.74, 6) is 0.240. The zero-order chi connectivity index (χ0) is 18.2. The monoisotopic (exact) mass is 338 g/mol. The van der Waals surface area contributed by atoms with Gasteiger partial charge in [0.25, 0.3) is 5.91 Å². The summed E-state index contributed by atoms with van der Waals surface area (Å²) in [5.41, 5.74) is 0.588. The van der Waals surface area contributed by atoms with E-state index in [2.05, 4.69) is 18.3 Å². The van der Waals surface area contributed by atoms with E-state index in [9.17, 15) is 15.2 Å². The number of carbonyl (C=O) groups excluding carboxylic acids is 1. The van der Waals surface area contributed by atoms with Crippen molar-refractivity contribution in [2.24, 2.45) is 16.7 Å². The quantitative estimate of drug-likeness (QED) is 0.867. The van der Waals surface area contributed by atoms with Gasteiger partial charge in [-0.15, -0.1) is 0 Å². The van der Waals surface area contributed by atoms with Crippen molar-refractivity contribution in [3.8, 4) is 6.07 Å². The van der Waals surface area contributed by atoms with E-state index in [0.29, 0.717) is 11.1 Å². The van der Waals surface area contributed by atoms with Crippen LogP contribution in [0.25, 0.3) is 0 Å². The summed E-state index contributed by atoms with van der Waals surface area (Å²) in [6, 6.07) is 11.5. The van der Waals surface area contributed by atoms with Gasteiger partial charge in [0, 0.05) is 11.6 Å². The fraction of sp³-hybridized carbons (Fsp3) is 0.524. The number of amides is 1. The van der Waals surface area contributed by atoms with E-state index in [1.54, 1.807) is 0 Å². The molecule has 2 aliphatic carbocycles. The van der Waals surface area contributed by atoms with Gasteiger partial charge in [-0.05, 0) is 48.1 Å². The van der Waals surface area contributed by atoms with Crippen LogP contribution in [0.2, 0.25) is 0 Å². The highest BCUT2D eigenvalue weighted by molar-refractivity contribution is 5.94. The first-order valence-electron chi connectivity index (χ1n) is 8.95. The lowest BCUT2D eigenvalue weighted by atomic mass is 9.51. The average molecular weight is 338 g/mol. The molecule has 0 heterocycles. The molecule has 1 aromatic rings. The number of aliphatic hydroxyl groups excluding tert-OH is 1. The van der Waals surface area contributed by atoms with Crippen molar-refractivity contribution in [3.63, 3.8) is 0 Å². The van der Waals surface area contributed by atoms with Gasteiger partial charge in [0.15, 0.2) is 0 Å². The van der Waals surface area contributed by atoms with Gasteiger partial charge in [0.1, 0.15) is 0 Å². The minimum absolute atomic E-state index is 0.0489. The SMILES string of the molecule is CC1(C)C(O)C(C#N)=C[C@@]2(C)C[C@H](NC(=O)c3ccccc3)CC[C@H]12. The highest BCUT2D eigenvalue weighted by atomic mass is 16.3. The molecule has 1 amide bonds. The van der Waals surface area contributed by atoms with Gasteiger partial charge < -0.3 is 10.4 Å². The Balaban J connectivity index is 1.81. The maximum absolute atomic E-state index is 12.5. The maximum Gasteiger partial charge on any atom is 0.251 e. The molecule has 0 radical (unpaired) electrons. The lowest BCUT2D eigenvalue weighted by molar-refractivity contribution is -0.0494. The molecular formula is C21H26N2O2. The Bertz CT molecular complexity index is 732. The van der Waals surface area contributed by atoms with E-state index in [1.807, 2.05) is 50.3 Å². The summed E-state index contributed by atoms with van der Waals surface area (Å²) in [7, 11) is 0. The molecule has 132 valence electrons. The van der Waals surface area contributed by atoms with Gasteiger partial charge in [-0.1, -0.05) is 45.0 Å². The fourth-order valence-corrected chi connectivity index (χ4v) is 4.95. The Labute approximate surface area is 149 Å². The smallest absolute Gasteiger partial charge is 0.251 e. The first-order valence-corrected chi connectivity index (χ1v) is 8.95. The van der Waals surface area contributed by atoms with E-state index in [0.717, 1.165) is 19.3 Å². The first kappa shape index (κ1) is 17.7. The summed E-state index contributed by atoms with van der Waals surface area (Å²) in [6.45, 7) is 6.26. The lowest BCUT2D eigenvalue weighted by Crippen LogP contribution is -2.54. The van der Waals surface area contributed by atoms with Gasteiger partial charge in [-0.2, -0.15) is 5.26 Å². The number of nitrogens with zero attached hydrogens (tertiary/aromatic N) is 1. The molecule has 4 heteroatoms. The molecular weight excluding hydrogens is 312 g/mol. The van der Waals surface area contributed by atoms with Crippen molar-refractivity contribution in [1.82, 2.24) is 5.32 Å². The molecule has 0 spiro atoms. The number of hydrogen-bond acceptors (Lipinski definition) is 3. The molecule has 0 bridgehead atoms. The van der Waals surface area contributed by atoms with Crippen molar-refractivity contribution in [2.75, 3.05) is 0 Å². The summed E-state index contributed by atoms with van der Waals surface area (Å²) in [4.78, 5) is 12.5. The second-order valence-corrected chi connectivity index (χ2v) is 8.31. The number of hydrogen-bond donors (Lipinski definition) is 2.